The Morgan fingerprint density at radius 2 is 2.00 bits per heavy atom. The number of hydrogen-bond acceptors (Lipinski definition) is 3. The Labute approximate surface area is 140 Å². The fourth-order valence-corrected chi connectivity index (χ4v) is 2.30. The van der Waals surface area contributed by atoms with E-state index in [1.807, 2.05) is 60.7 Å². The molecule has 3 aromatic rings. The van der Waals surface area contributed by atoms with E-state index in [1.165, 1.54) is 0 Å². The molecule has 3 rings (SSSR count). The largest absolute Gasteiger partial charge is 0.364 e. The Bertz CT molecular complexity index is 785. The molecule has 0 radical (unpaired) electrons. The first-order valence-electron chi connectivity index (χ1n) is 7.78. The molecule has 0 fully saturated rings. The van der Waals surface area contributed by atoms with E-state index < -0.39 is 6.10 Å². The third-order valence-corrected chi connectivity index (χ3v) is 3.65. The molecular formula is C19H19N3O2. The van der Waals surface area contributed by atoms with Gasteiger partial charge in [0.2, 0.25) is 0 Å². The van der Waals surface area contributed by atoms with Crippen molar-refractivity contribution in [1.82, 2.24) is 10.2 Å². The van der Waals surface area contributed by atoms with Gasteiger partial charge in [-0.1, -0.05) is 42.5 Å². The van der Waals surface area contributed by atoms with Gasteiger partial charge in [-0.05, 0) is 30.7 Å². The number of aromatic nitrogens is 2. The number of aromatic amines is 1. The third kappa shape index (κ3) is 4.08. The van der Waals surface area contributed by atoms with Crippen LogP contribution in [0.15, 0.2) is 66.9 Å². The Hall–Kier alpha value is -2.92. The van der Waals surface area contributed by atoms with E-state index in [2.05, 4.69) is 15.5 Å². The van der Waals surface area contributed by atoms with Crippen LogP contribution in [-0.4, -0.2) is 22.2 Å². The number of nitrogens with one attached hydrogen (secondary N) is 2. The highest BCUT2D eigenvalue weighted by Crippen LogP contribution is 2.20. The molecule has 1 aromatic heterocycles. The molecule has 1 heterocycles. The van der Waals surface area contributed by atoms with Crippen LogP contribution in [-0.2, 0) is 16.1 Å². The molecular weight excluding hydrogens is 302 g/mol. The lowest BCUT2D eigenvalue weighted by Gasteiger charge is -2.14. The van der Waals surface area contributed by atoms with Crippen molar-refractivity contribution in [3.63, 3.8) is 0 Å². The van der Waals surface area contributed by atoms with Crippen LogP contribution in [0.1, 0.15) is 12.5 Å². The maximum Gasteiger partial charge on any atom is 0.253 e. The summed E-state index contributed by atoms with van der Waals surface area (Å²) in [5.41, 5.74) is 3.63. The maximum absolute atomic E-state index is 12.3. The molecule has 1 atom stereocenters. The number of carbonyl (C=O) groups is 1. The van der Waals surface area contributed by atoms with Gasteiger partial charge in [0.05, 0.1) is 12.3 Å². The van der Waals surface area contributed by atoms with Gasteiger partial charge in [0, 0.05) is 17.4 Å². The summed E-state index contributed by atoms with van der Waals surface area (Å²) in [7, 11) is 0. The van der Waals surface area contributed by atoms with Crippen LogP contribution in [0.3, 0.4) is 0 Å². The molecule has 2 N–H and O–H groups in total. The smallest absolute Gasteiger partial charge is 0.253 e. The van der Waals surface area contributed by atoms with Crippen molar-refractivity contribution in [2.75, 3.05) is 5.32 Å². The Morgan fingerprint density at radius 3 is 2.75 bits per heavy atom. The van der Waals surface area contributed by atoms with Crippen molar-refractivity contribution in [2.45, 2.75) is 19.6 Å². The summed E-state index contributed by atoms with van der Waals surface area (Å²) in [6.07, 6.45) is 1.15. The average Bonchev–Trinajstić information content (AvgIpc) is 3.15. The minimum absolute atomic E-state index is 0.173. The van der Waals surface area contributed by atoms with Crippen LogP contribution in [0.2, 0.25) is 0 Å². The molecule has 0 aliphatic heterocycles. The van der Waals surface area contributed by atoms with Crippen molar-refractivity contribution in [1.29, 1.82) is 0 Å². The molecule has 0 saturated heterocycles. The van der Waals surface area contributed by atoms with Crippen LogP contribution in [0.5, 0.6) is 0 Å². The highest BCUT2D eigenvalue weighted by molar-refractivity contribution is 5.94. The predicted octanol–water partition coefficient (Wildman–Crippen LogP) is 3.62. The summed E-state index contributed by atoms with van der Waals surface area (Å²) in [6, 6.07) is 19.3. The van der Waals surface area contributed by atoms with Gasteiger partial charge < -0.3 is 10.1 Å². The van der Waals surface area contributed by atoms with Crippen molar-refractivity contribution in [3.8, 4) is 11.3 Å². The molecule has 0 saturated carbocycles. The topological polar surface area (TPSA) is 67.0 Å². The number of hydrogen-bond donors (Lipinski definition) is 2. The molecule has 0 aliphatic carbocycles. The zero-order chi connectivity index (χ0) is 16.8. The predicted molar refractivity (Wildman–Crippen MR) is 93.3 cm³/mol. The lowest BCUT2D eigenvalue weighted by molar-refractivity contribution is -0.127. The van der Waals surface area contributed by atoms with E-state index in [9.17, 15) is 4.79 Å². The van der Waals surface area contributed by atoms with E-state index >= 15 is 0 Å². The number of ether oxygens (including phenoxy) is 1. The third-order valence-electron chi connectivity index (χ3n) is 3.65. The quantitative estimate of drug-likeness (QED) is 0.728. The highest BCUT2D eigenvalue weighted by Gasteiger charge is 2.14. The van der Waals surface area contributed by atoms with Gasteiger partial charge in [-0.2, -0.15) is 5.10 Å². The number of amides is 1. The Kier molecular flexibility index (Phi) is 5.03. The minimum atomic E-state index is -0.541. The molecule has 0 spiro atoms. The molecule has 122 valence electrons. The zero-order valence-electron chi connectivity index (χ0n) is 13.4. The summed E-state index contributed by atoms with van der Waals surface area (Å²) in [6.45, 7) is 2.15. The van der Waals surface area contributed by atoms with Crippen molar-refractivity contribution in [2.24, 2.45) is 0 Å². The number of nitrogens with zero attached hydrogens (tertiary/aromatic N) is 1. The first-order valence-corrected chi connectivity index (χ1v) is 7.78. The molecule has 5 nitrogen and oxygen atoms in total. The van der Waals surface area contributed by atoms with Crippen LogP contribution in [0.4, 0.5) is 5.69 Å². The standard InChI is InChI=1S/C19H19N3O2/c1-14(24-13-15-6-3-2-4-7-15)19(23)21-17-9-5-8-16(12-17)18-10-11-20-22-18/h2-12,14H,13H2,1H3,(H,20,22)(H,21,23). The first-order chi connectivity index (χ1) is 11.7. The summed E-state index contributed by atoms with van der Waals surface area (Å²) < 4.78 is 5.64. The number of rotatable bonds is 6. The van der Waals surface area contributed by atoms with E-state index in [0.29, 0.717) is 6.61 Å². The van der Waals surface area contributed by atoms with Crippen molar-refractivity contribution < 1.29 is 9.53 Å². The second-order valence-corrected chi connectivity index (χ2v) is 5.48. The fraction of sp³-hybridized carbons (Fsp3) is 0.158. The number of benzene rings is 2. The lowest BCUT2D eigenvalue weighted by Crippen LogP contribution is -2.27. The highest BCUT2D eigenvalue weighted by atomic mass is 16.5. The number of carbonyl (C=O) groups excluding carboxylic acids is 1. The first kappa shape index (κ1) is 16.0. The van der Waals surface area contributed by atoms with Crippen LogP contribution >= 0.6 is 0 Å². The monoisotopic (exact) mass is 321 g/mol. The summed E-state index contributed by atoms with van der Waals surface area (Å²) in [5, 5.41) is 9.73. The van der Waals surface area contributed by atoms with Gasteiger partial charge in [0.25, 0.3) is 5.91 Å². The van der Waals surface area contributed by atoms with Gasteiger partial charge in [-0.3, -0.25) is 9.89 Å². The van der Waals surface area contributed by atoms with Gasteiger partial charge in [-0.15, -0.1) is 0 Å². The second kappa shape index (κ2) is 7.57. The molecule has 2 aromatic carbocycles. The fourth-order valence-electron chi connectivity index (χ4n) is 2.30. The van der Waals surface area contributed by atoms with Crippen LogP contribution in [0, 0.1) is 0 Å². The molecule has 0 aliphatic rings. The Balaban J connectivity index is 1.59. The number of anilines is 1. The van der Waals surface area contributed by atoms with E-state index in [1.54, 1.807) is 13.1 Å². The normalized spacial score (nSPS) is 11.9. The van der Waals surface area contributed by atoms with E-state index in [0.717, 1.165) is 22.5 Å². The maximum atomic E-state index is 12.3. The van der Waals surface area contributed by atoms with E-state index in [4.69, 9.17) is 4.74 Å². The van der Waals surface area contributed by atoms with Crippen LogP contribution < -0.4 is 5.32 Å². The van der Waals surface area contributed by atoms with E-state index in [-0.39, 0.29) is 5.91 Å². The summed E-state index contributed by atoms with van der Waals surface area (Å²) in [4.78, 5) is 12.3. The van der Waals surface area contributed by atoms with Gasteiger partial charge >= 0.3 is 0 Å². The van der Waals surface area contributed by atoms with Crippen molar-refractivity contribution in [3.05, 3.63) is 72.4 Å². The lowest BCUT2D eigenvalue weighted by atomic mass is 10.1. The Morgan fingerprint density at radius 1 is 1.17 bits per heavy atom. The van der Waals surface area contributed by atoms with Gasteiger partial charge in [-0.25, -0.2) is 0 Å². The average molecular weight is 321 g/mol. The molecule has 1 unspecified atom stereocenters. The van der Waals surface area contributed by atoms with Gasteiger partial charge in [0.1, 0.15) is 6.10 Å². The molecule has 0 bridgehead atoms. The molecule has 5 heteroatoms. The summed E-state index contributed by atoms with van der Waals surface area (Å²) in [5.74, 6) is -0.173. The van der Waals surface area contributed by atoms with Crippen molar-refractivity contribution >= 4 is 11.6 Å². The second-order valence-electron chi connectivity index (χ2n) is 5.48. The molecule has 24 heavy (non-hydrogen) atoms. The summed E-state index contributed by atoms with van der Waals surface area (Å²) >= 11 is 0. The number of H-pyrrole nitrogens is 1. The van der Waals surface area contributed by atoms with Gasteiger partial charge in [0.15, 0.2) is 0 Å². The zero-order valence-corrected chi connectivity index (χ0v) is 13.4. The van der Waals surface area contributed by atoms with Crippen LogP contribution in [0.25, 0.3) is 11.3 Å². The minimum Gasteiger partial charge on any atom is -0.364 e. The SMILES string of the molecule is CC(OCc1ccccc1)C(=O)Nc1cccc(-c2ccn[nH]2)c1. The molecule has 1 amide bonds.